The number of carbonyl (C=O) groups is 3. The van der Waals surface area contributed by atoms with Gasteiger partial charge in [0.25, 0.3) is 0 Å². The lowest BCUT2D eigenvalue weighted by molar-refractivity contribution is -0.160. The molecule has 0 atom stereocenters. The van der Waals surface area contributed by atoms with E-state index in [0.29, 0.717) is 6.42 Å². The Morgan fingerprint density at radius 3 is 2.15 bits per heavy atom. The number of hydrogen-bond acceptors (Lipinski definition) is 3. The number of carboxylic acids is 2. The molecule has 0 aromatic carbocycles. The van der Waals surface area contributed by atoms with Gasteiger partial charge in [-0.15, -0.1) is 0 Å². The molecule has 1 aliphatic heterocycles. The zero-order chi connectivity index (χ0) is 10.0. The number of carboxylic acid groups (broad SMARTS) is 2. The van der Waals surface area contributed by atoms with Crippen molar-refractivity contribution in [3.8, 4) is 0 Å². The van der Waals surface area contributed by atoms with Gasteiger partial charge in [-0.2, -0.15) is 0 Å². The number of hydrogen-bond donors (Lipinski definition) is 2. The first-order valence-electron chi connectivity index (χ1n) is 3.79. The van der Waals surface area contributed by atoms with Crippen LogP contribution in [-0.2, 0) is 14.4 Å². The van der Waals surface area contributed by atoms with E-state index in [2.05, 4.69) is 0 Å². The van der Waals surface area contributed by atoms with Crippen LogP contribution >= 0.6 is 0 Å². The van der Waals surface area contributed by atoms with Crippen LogP contribution in [0, 0.1) is 0 Å². The lowest BCUT2D eigenvalue weighted by atomic mass is 10.2. The first-order valence-corrected chi connectivity index (χ1v) is 3.79. The fraction of sp³-hybridized carbons (Fsp3) is 0.571. The highest BCUT2D eigenvalue weighted by atomic mass is 16.4. The monoisotopic (exact) mass is 187 g/mol. The molecule has 6 heteroatoms. The Hall–Kier alpha value is -1.59. The van der Waals surface area contributed by atoms with Crippen LogP contribution in [0.15, 0.2) is 0 Å². The van der Waals surface area contributed by atoms with Gasteiger partial charge in [-0.3, -0.25) is 4.79 Å². The van der Waals surface area contributed by atoms with E-state index in [1.807, 2.05) is 0 Å². The molecule has 1 aliphatic rings. The predicted molar refractivity (Wildman–Crippen MR) is 40.0 cm³/mol. The summed E-state index contributed by atoms with van der Waals surface area (Å²) in [6, 6.07) is -1.73. The van der Waals surface area contributed by atoms with Crippen LogP contribution in [0.2, 0.25) is 0 Å². The Morgan fingerprint density at radius 2 is 1.85 bits per heavy atom. The summed E-state index contributed by atoms with van der Waals surface area (Å²) >= 11 is 0. The fourth-order valence-electron chi connectivity index (χ4n) is 1.31. The van der Waals surface area contributed by atoms with Gasteiger partial charge < -0.3 is 15.1 Å². The molecule has 0 saturated carbocycles. The van der Waals surface area contributed by atoms with Gasteiger partial charge in [-0.05, 0) is 6.42 Å². The molecule has 0 aliphatic carbocycles. The number of carbonyl (C=O) groups excluding carboxylic acids is 1. The van der Waals surface area contributed by atoms with Gasteiger partial charge in [0.1, 0.15) is 0 Å². The minimum atomic E-state index is -1.73. The third-order valence-electron chi connectivity index (χ3n) is 1.89. The first kappa shape index (κ1) is 9.50. The molecule has 6 nitrogen and oxygen atoms in total. The van der Waals surface area contributed by atoms with Gasteiger partial charge in [-0.1, -0.05) is 0 Å². The molecule has 0 radical (unpaired) electrons. The lowest BCUT2D eigenvalue weighted by Gasteiger charge is -2.19. The van der Waals surface area contributed by atoms with E-state index < -0.39 is 23.9 Å². The van der Waals surface area contributed by atoms with Crippen LogP contribution in [0.1, 0.15) is 12.8 Å². The molecule has 1 heterocycles. The second kappa shape index (κ2) is 3.42. The van der Waals surface area contributed by atoms with E-state index in [1.165, 1.54) is 0 Å². The van der Waals surface area contributed by atoms with Gasteiger partial charge in [0, 0.05) is 13.0 Å². The zero-order valence-electron chi connectivity index (χ0n) is 6.77. The average molecular weight is 187 g/mol. The molecule has 0 bridgehead atoms. The maximum absolute atomic E-state index is 11.0. The Kier molecular flexibility index (Phi) is 2.50. The second-order valence-corrected chi connectivity index (χ2v) is 2.77. The molecule has 1 amide bonds. The van der Waals surface area contributed by atoms with Crippen molar-refractivity contribution in [1.29, 1.82) is 0 Å². The number of aliphatic carboxylic acids is 2. The molecule has 2 N–H and O–H groups in total. The van der Waals surface area contributed by atoms with Gasteiger partial charge in [0.05, 0.1) is 0 Å². The SMILES string of the molecule is O=C(O)C(C(=O)O)N1CCCC1=O. The third kappa shape index (κ3) is 1.77. The first-order chi connectivity index (χ1) is 6.04. The van der Waals surface area contributed by atoms with Crippen molar-refractivity contribution < 1.29 is 24.6 Å². The molecule has 1 fully saturated rings. The van der Waals surface area contributed by atoms with Crippen LogP contribution in [0.25, 0.3) is 0 Å². The van der Waals surface area contributed by atoms with Crippen LogP contribution in [0.4, 0.5) is 0 Å². The summed E-state index contributed by atoms with van der Waals surface area (Å²) in [7, 11) is 0. The standard InChI is InChI=1S/C7H9NO5/c9-4-2-1-3-8(4)5(6(10)11)7(12)13/h5H,1-3H2,(H,10,11)(H,12,13). The minimum Gasteiger partial charge on any atom is -0.479 e. The summed E-state index contributed by atoms with van der Waals surface area (Å²) < 4.78 is 0. The molecular formula is C7H9NO5. The van der Waals surface area contributed by atoms with Gasteiger partial charge in [-0.25, -0.2) is 9.59 Å². The van der Waals surface area contributed by atoms with Crippen LogP contribution in [-0.4, -0.2) is 45.5 Å². The fourth-order valence-corrected chi connectivity index (χ4v) is 1.31. The third-order valence-corrected chi connectivity index (χ3v) is 1.89. The summed E-state index contributed by atoms with van der Waals surface area (Å²) in [5.41, 5.74) is 0. The molecular weight excluding hydrogens is 178 g/mol. The van der Waals surface area contributed by atoms with E-state index in [-0.39, 0.29) is 13.0 Å². The quantitative estimate of drug-likeness (QED) is 0.561. The Morgan fingerprint density at radius 1 is 1.31 bits per heavy atom. The van der Waals surface area contributed by atoms with Gasteiger partial charge in [0.2, 0.25) is 11.9 Å². The van der Waals surface area contributed by atoms with Crippen molar-refractivity contribution in [3.63, 3.8) is 0 Å². The molecule has 0 aromatic heterocycles. The molecule has 13 heavy (non-hydrogen) atoms. The van der Waals surface area contributed by atoms with E-state index in [0.717, 1.165) is 4.90 Å². The highest BCUT2D eigenvalue weighted by molar-refractivity contribution is 6.01. The van der Waals surface area contributed by atoms with Crippen LogP contribution in [0.3, 0.4) is 0 Å². The summed E-state index contributed by atoms with van der Waals surface area (Å²) in [5.74, 6) is -3.40. The van der Waals surface area contributed by atoms with E-state index in [4.69, 9.17) is 10.2 Å². The van der Waals surface area contributed by atoms with Crippen molar-refractivity contribution in [2.75, 3.05) is 6.54 Å². The summed E-state index contributed by atoms with van der Waals surface area (Å²) in [6.45, 7) is 0.210. The topological polar surface area (TPSA) is 94.9 Å². The Labute approximate surface area is 73.8 Å². The number of likely N-dealkylation sites (tertiary alicyclic amines) is 1. The van der Waals surface area contributed by atoms with Crippen molar-refractivity contribution in [1.82, 2.24) is 4.90 Å². The largest absolute Gasteiger partial charge is 0.479 e. The highest BCUT2D eigenvalue weighted by Crippen LogP contribution is 2.13. The zero-order valence-corrected chi connectivity index (χ0v) is 6.77. The average Bonchev–Trinajstić information content (AvgIpc) is 2.35. The maximum Gasteiger partial charge on any atom is 0.338 e. The summed E-state index contributed by atoms with van der Waals surface area (Å²) in [5, 5.41) is 17.1. The Bertz CT molecular complexity index is 248. The van der Waals surface area contributed by atoms with E-state index in [1.54, 1.807) is 0 Å². The lowest BCUT2D eigenvalue weighted by Crippen LogP contribution is -2.47. The van der Waals surface area contributed by atoms with Crippen LogP contribution in [0.5, 0.6) is 0 Å². The molecule has 72 valence electrons. The highest BCUT2D eigenvalue weighted by Gasteiger charge is 2.37. The maximum atomic E-state index is 11.0. The molecule has 1 rings (SSSR count). The number of rotatable bonds is 3. The normalized spacial score (nSPS) is 16.7. The summed E-state index contributed by atoms with van der Waals surface area (Å²) in [6.07, 6.45) is 0.757. The number of nitrogens with zero attached hydrogens (tertiary/aromatic N) is 1. The molecule has 0 spiro atoms. The molecule has 0 aromatic rings. The minimum absolute atomic E-state index is 0.210. The summed E-state index contributed by atoms with van der Waals surface area (Å²) in [4.78, 5) is 32.9. The molecule has 0 unspecified atom stereocenters. The predicted octanol–water partition coefficient (Wildman–Crippen LogP) is -0.853. The second-order valence-electron chi connectivity index (χ2n) is 2.77. The van der Waals surface area contributed by atoms with Crippen molar-refractivity contribution in [2.24, 2.45) is 0 Å². The van der Waals surface area contributed by atoms with Gasteiger partial charge >= 0.3 is 11.9 Å². The molecule has 1 saturated heterocycles. The van der Waals surface area contributed by atoms with Crippen molar-refractivity contribution in [2.45, 2.75) is 18.9 Å². The smallest absolute Gasteiger partial charge is 0.338 e. The van der Waals surface area contributed by atoms with Crippen molar-refractivity contribution >= 4 is 17.8 Å². The number of amides is 1. The van der Waals surface area contributed by atoms with Crippen LogP contribution < -0.4 is 0 Å². The van der Waals surface area contributed by atoms with Gasteiger partial charge in [0.15, 0.2) is 0 Å². The van der Waals surface area contributed by atoms with E-state index >= 15 is 0 Å². The van der Waals surface area contributed by atoms with E-state index in [9.17, 15) is 14.4 Å². The van der Waals surface area contributed by atoms with Crippen molar-refractivity contribution in [3.05, 3.63) is 0 Å². The Balaban J connectivity index is 2.81.